The van der Waals surface area contributed by atoms with Gasteiger partial charge in [-0.05, 0) is 41.0 Å². The molecule has 1 amide bonds. The molecule has 1 spiro atoms. The summed E-state index contributed by atoms with van der Waals surface area (Å²) < 4.78 is 5.92. The second kappa shape index (κ2) is 10.00. The maximum atomic E-state index is 15.1. The van der Waals surface area contributed by atoms with Gasteiger partial charge in [0.2, 0.25) is 5.91 Å². The van der Waals surface area contributed by atoms with Crippen molar-refractivity contribution in [3.8, 4) is 5.75 Å². The highest BCUT2D eigenvalue weighted by Crippen LogP contribution is 2.62. The van der Waals surface area contributed by atoms with Crippen LogP contribution in [0, 0.1) is 5.92 Å². The maximum Gasteiger partial charge on any atom is 0.238 e. The zero-order valence-corrected chi connectivity index (χ0v) is 22.8. The van der Waals surface area contributed by atoms with Crippen LogP contribution >= 0.6 is 0 Å². The summed E-state index contributed by atoms with van der Waals surface area (Å²) >= 11 is 0. The SMILES string of the molecule is C=CCOc1ccccc1C(=O)[C@H]1[C@@H](C(=O)c2ccccc2)N2C=Cc3ccccc3[C@@H]2[C@]12C(=O)Nc1ccccc12. The summed E-state index contributed by atoms with van der Waals surface area (Å²) in [5.41, 5.74) is 2.61. The number of rotatable bonds is 7. The number of ketones is 2. The molecule has 3 aliphatic rings. The van der Waals surface area contributed by atoms with Gasteiger partial charge in [0.15, 0.2) is 11.6 Å². The molecule has 4 atom stereocenters. The molecule has 6 heteroatoms. The average molecular weight is 553 g/mol. The molecular formula is C36H28N2O4. The Balaban J connectivity index is 1.53. The largest absolute Gasteiger partial charge is 0.489 e. The normalized spacial score (nSPS) is 23.1. The van der Waals surface area contributed by atoms with E-state index in [0.29, 0.717) is 28.1 Å². The summed E-state index contributed by atoms with van der Waals surface area (Å²) in [7, 11) is 0. The van der Waals surface area contributed by atoms with Gasteiger partial charge in [-0.2, -0.15) is 0 Å². The Morgan fingerprint density at radius 2 is 1.60 bits per heavy atom. The smallest absolute Gasteiger partial charge is 0.238 e. The van der Waals surface area contributed by atoms with Crippen molar-refractivity contribution < 1.29 is 19.1 Å². The van der Waals surface area contributed by atoms with E-state index in [2.05, 4.69) is 11.9 Å². The number of hydrogen-bond donors (Lipinski definition) is 1. The van der Waals surface area contributed by atoms with Gasteiger partial charge in [-0.25, -0.2) is 0 Å². The van der Waals surface area contributed by atoms with Gasteiger partial charge in [0.1, 0.15) is 23.8 Å². The van der Waals surface area contributed by atoms with Crippen LogP contribution in [0.3, 0.4) is 0 Å². The van der Waals surface area contributed by atoms with Crippen LogP contribution in [0.5, 0.6) is 5.75 Å². The van der Waals surface area contributed by atoms with Crippen molar-refractivity contribution in [1.29, 1.82) is 0 Å². The van der Waals surface area contributed by atoms with Gasteiger partial charge in [-0.15, -0.1) is 0 Å². The number of nitrogens with zero attached hydrogens (tertiary/aromatic N) is 1. The topological polar surface area (TPSA) is 75.7 Å². The number of carbonyl (C=O) groups is 3. The van der Waals surface area contributed by atoms with Crippen molar-refractivity contribution in [1.82, 2.24) is 4.90 Å². The first kappa shape index (κ1) is 25.7. The molecule has 1 fully saturated rings. The summed E-state index contributed by atoms with van der Waals surface area (Å²) in [6.07, 6.45) is 5.45. The van der Waals surface area contributed by atoms with Gasteiger partial charge in [0.05, 0.1) is 17.5 Å². The van der Waals surface area contributed by atoms with E-state index >= 15 is 4.79 Å². The molecule has 1 N–H and O–H groups in total. The lowest BCUT2D eigenvalue weighted by molar-refractivity contribution is -0.122. The standard InChI is InChI=1S/C36H28N2O4/c1-2-22-42-29-19-11-8-16-26(29)33(40)30-31(32(39)24-13-4-3-5-14-24)38-21-20-23-12-6-7-15-25(23)34(38)36(30)27-17-9-10-18-28(27)37-35(36)41/h2-21,30-31,34H,1,22H2,(H,37,41)/t30-,31+,34-,36-/m1/s1. The van der Waals surface area contributed by atoms with Gasteiger partial charge in [-0.3, -0.25) is 14.4 Å². The highest BCUT2D eigenvalue weighted by Gasteiger charge is 2.70. The van der Waals surface area contributed by atoms with Crippen LogP contribution < -0.4 is 10.1 Å². The third kappa shape index (κ3) is 3.61. The number of fused-ring (bicyclic) bond motifs is 6. The molecule has 3 heterocycles. The zero-order valence-electron chi connectivity index (χ0n) is 22.8. The molecule has 4 aromatic rings. The summed E-state index contributed by atoms with van der Waals surface area (Å²) in [5, 5.41) is 3.08. The van der Waals surface area contributed by atoms with E-state index in [-0.39, 0.29) is 24.1 Å². The Morgan fingerprint density at radius 3 is 2.43 bits per heavy atom. The van der Waals surface area contributed by atoms with Gasteiger partial charge in [0, 0.05) is 17.5 Å². The van der Waals surface area contributed by atoms with E-state index in [1.807, 2.05) is 83.9 Å². The van der Waals surface area contributed by atoms with Crippen LogP contribution in [0.2, 0.25) is 0 Å². The molecule has 0 radical (unpaired) electrons. The highest BCUT2D eigenvalue weighted by molar-refractivity contribution is 6.17. The van der Waals surface area contributed by atoms with Crippen LogP contribution in [0.1, 0.15) is 43.4 Å². The lowest BCUT2D eigenvalue weighted by Gasteiger charge is -2.38. The van der Waals surface area contributed by atoms with Gasteiger partial charge < -0.3 is 15.0 Å². The molecule has 42 heavy (non-hydrogen) atoms. The van der Waals surface area contributed by atoms with E-state index in [9.17, 15) is 9.59 Å². The third-order valence-corrected chi connectivity index (χ3v) is 8.69. The molecule has 0 unspecified atom stereocenters. The van der Waals surface area contributed by atoms with Gasteiger partial charge in [-0.1, -0.05) is 97.6 Å². The van der Waals surface area contributed by atoms with Crippen molar-refractivity contribution in [2.24, 2.45) is 5.92 Å². The van der Waals surface area contributed by atoms with Crippen LogP contribution in [0.25, 0.3) is 6.08 Å². The minimum Gasteiger partial charge on any atom is -0.489 e. The predicted octanol–water partition coefficient (Wildman–Crippen LogP) is 6.23. The lowest BCUT2D eigenvalue weighted by Crippen LogP contribution is -2.49. The van der Waals surface area contributed by atoms with Crippen molar-refractivity contribution >= 4 is 29.2 Å². The first-order chi connectivity index (χ1) is 20.6. The van der Waals surface area contributed by atoms with Crippen LogP contribution in [-0.4, -0.2) is 35.0 Å². The number of anilines is 1. The summed E-state index contributed by atoms with van der Waals surface area (Å²) in [5.74, 6) is -1.52. The highest BCUT2D eigenvalue weighted by atomic mass is 16.5. The van der Waals surface area contributed by atoms with E-state index in [4.69, 9.17) is 4.74 Å². The molecule has 0 saturated carbocycles. The second-order valence-corrected chi connectivity index (χ2v) is 10.8. The quantitative estimate of drug-likeness (QED) is 0.217. The van der Waals surface area contributed by atoms with Crippen LogP contribution in [0.15, 0.2) is 122 Å². The van der Waals surface area contributed by atoms with Crippen molar-refractivity contribution in [2.45, 2.75) is 17.5 Å². The Morgan fingerprint density at radius 1 is 0.881 bits per heavy atom. The molecule has 1 saturated heterocycles. The summed E-state index contributed by atoms with van der Waals surface area (Å²) in [6.45, 7) is 3.95. The van der Waals surface area contributed by atoms with Gasteiger partial charge >= 0.3 is 0 Å². The molecule has 6 nitrogen and oxygen atoms in total. The third-order valence-electron chi connectivity index (χ3n) is 8.69. The fraction of sp³-hybridized carbons (Fsp3) is 0.139. The molecule has 0 aromatic heterocycles. The Kier molecular flexibility index (Phi) is 6.12. The number of nitrogens with one attached hydrogen (secondary N) is 1. The number of hydrogen-bond acceptors (Lipinski definition) is 5. The van der Waals surface area contributed by atoms with Crippen molar-refractivity contribution in [3.05, 3.63) is 150 Å². The van der Waals surface area contributed by atoms with Crippen molar-refractivity contribution in [3.63, 3.8) is 0 Å². The number of carbonyl (C=O) groups excluding carboxylic acids is 3. The fourth-order valence-electron chi connectivity index (χ4n) is 7.05. The monoisotopic (exact) mass is 552 g/mol. The molecule has 206 valence electrons. The number of benzene rings is 4. The van der Waals surface area contributed by atoms with E-state index < -0.39 is 23.4 Å². The predicted molar refractivity (Wildman–Crippen MR) is 161 cm³/mol. The van der Waals surface area contributed by atoms with E-state index in [0.717, 1.165) is 11.1 Å². The molecular weight excluding hydrogens is 524 g/mol. The summed E-state index contributed by atoms with van der Waals surface area (Å²) in [6, 6.07) is 29.8. The minimum atomic E-state index is -1.39. The number of amides is 1. The Bertz CT molecular complexity index is 1780. The Labute approximate surface area is 243 Å². The molecule has 3 aliphatic heterocycles. The number of ether oxygens (including phenoxy) is 1. The number of para-hydroxylation sites is 2. The zero-order chi connectivity index (χ0) is 28.8. The van der Waals surface area contributed by atoms with E-state index in [1.54, 1.807) is 42.5 Å². The van der Waals surface area contributed by atoms with Crippen LogP contribution in [0.4, 0.5) is 5.69 Å². The maximum absolute atomic E-state index is 15.1. The minimum absolute atomic E-state index is 0.209. The molecule has 0 bridgehead atoms. The second-order valence-electron chi connectivity index (χ2n) is 10.8. The number of Topliss-reactive ketones (excluding diaryl/α,β-unsaturated/α-hetero) is 2. The first-order valence-electron chi connectivity index (χ1n) is 14.0. The van der Waals surface area contributed by atoms with Crippen LogP contribution in [-0.2, 0) is 10.2 Å². The first-order valence-corrected chi connectivity index (χ1v) is 14.0. The van der Waals surface area contributed by atoms with Gasteiger partial charge in [0.25, 0.3) is 0 Å². The molecule has 7 rings (SSSR count). The molecule has 0 aliphatic carbocycles. The summed E-state index contributed by atoms with van der Waals surface area (Å²) in [4.78, 5) is 46.1. The van der Waals surface area contributed by atoms with Crippen molar-refractivity contribution in [2.75, 3.05) is 11.9 Å². The molecule has 4 aromatic carbocycles. The fourth-order valence-corrected chi connectivity index (χ4v) is 7.05. The van der Waals surface area contributed by atoms with E-state index in [1.165, 1.54) is 0 Å². The average Bonchev–Trinajstić information content (AvgIpc) is 3.52. The lowest BCUT2D eigenvalue weighted by atomic mass is 9.62. The Hall–Kier alpha value is -5.23.